The number of hydrogen-bond acceptors (Lipinski definition) is 1. The lowest BCUT2D eigenvalue weighted by atomic mass is 10.2. The summed E-state index contributed by atoms with van der Waals surface area (Å²) in [6.07, 6.45) is -8.53. The normalized spacial score (nSPS) is 15.9. The van der Waals surface area contributed by atoms with Gasteiger partial charge in [0.2, 0.25) is 0 Å². The van der Waals surface area contributed by atoms with Crippen molar-refractivity contribution in [3.63, 3.8) is 0 Å². The molecule has 0 aromatic carbocycles. The third-order valence-electron chi connectivity index (χ3n) is 1.29. The second-order valence-corrected chi connectivity index (χ2v) is 2.22. The average molecular weight is 210 g/mol. The highest BCUT2D eigenvalue weighted by Gasteiger charge is 2.63. The third-order valence-corrected chi connectivity index (χ3v) is 1.29. The number of rotatable bonds is 4. The number of ether oxygens (including phenoxy) is 1. The van der Waals surface area contributed by atoms with E-state index in [2.05, 4.69) is 4.74 Å². The van der Waals surface area contributed by atoms with Crippen LogP contribution in [0.4, 0.5) is 26.3 Å². The van der Waals surface area contributed by atoms with Gasteiger partial charge >= 0.3 is 12.1 Å². The van der Waals surface area contributed by atoms with Gasteiger partial charge in [0.15, 0.2) is 6.10 Å². The lowest BCUT2D eigenvalue weighted by molar-refractivity contribution is -0.319. The zero-order valence-electron chi connectivity index (χ0n) is 6.67. The molecular weight excluding hydrogens is 202 g/mol. The minimum atomic E-state index is -5.78. The summed E-state index contributed by atoms with van der Waals surface area (Å²) in [4.78, 5) is 0. The van der Waals surface area contributed by atoms with Crippen molar-refractivity contribution < 1.29 is 31.1 Å². The average Bonchev–Trinajstić information content (AvgIpc) is 1.97. The van der Waals surface area contributed by atoms with Crippen LogP contribution in [-0.4, -0.2) is 31.5 Å². The first-order valence-electron chi connectivity index (χ1n) is 3.39. The molecule has 80 valence electrons. The smallest absolute Gasteiger partial charge is 0.369 e. The van der Waals surface area contributed by atoms with Crippen LogP contribution < -0.4 is 0 Å². The van der Waals surface area contributed by atoms with E-state index in [1.54, 1.807) is 0 Å². The fourth-order valence-electron chi connectivity index (χ4n) is 0.630. The molecule has 0 aromatic heterocycles. The van der Waals surface area contributed by atoms with Gasteiger partial charge in [0.1, 0.15) is 6.67 Å². The van der Waals surface area contributed by atoms with Gasteiger partial charge in [-0.2, -0.15) is 22.0 Å². The molecule has 0 aliphatic heterocycles. The highest BCUT2D eigenvalue weighted by atomic mass is 19.4. The SMILES string of the molecule is CCOC(CF)C(F)(F)C(F)(F)F. The van der Waals surface area contributed by atoms with E-state index in [9.17, 15) is 26.3 Å². The van der Waals surface area contributed by atoms with Crippen molar-refractivity contribution in [3.8, 4) is 0 Å². The molecule has 0 radical (unpaired) electrons. The maximum atomic E-state index is 12.3. The van der Waals surface area contributed by atoms with Crippen LogP contribution in [0, 0.1) is 0 Å². The van der Waals surface area contributed by atoms with Crippen molar-refractivity contribution in [2.75, 3.05) is 13.3 Å². The zero-order valence-corrected chi connectivity index (χ0v) is 6.67. The van der Waals surface area contributed by atoms with E-state index in [0.29, 0.717) is 0 Å². The predicted octanol–water partition coefficient (Wildman–Crippen LogP) is 2.56. The Kier molecular flexibility index (Phi) is 4.02. The highest BCUT2D eigenvalue weighted by molar-refractivity contribution is 4.84. The van der Waals surface area contributed by atoms with Crippen LogP contribution in [0.2, 0.25) is 0 Å². The van der Waals surface area contributed by atoms with Crippen molar-refractivity contribution in [1.29, 1.82) is 0 Å². The number of halogens is 6. The van der Waals surface area contributed by atoms with E-state index in [1.165, 1.54) is 6.92 Å². The number of alkyl halides is 6. The molecule has 13 heavy (non-hydrogen) atoms. The molecular formula is C6H8F6O. The van der Waals surface area contributed by atoms with E-state index >= 15 is 0 Å². The van der Waals surface area contributed by atoms with Gasteiger partial charge in [-0.3, -0.25) is 0 Å². The van der Waals surface area contributed by atoms with Gasteiger partial charge in [0.05, 0.1) is 0 Å². The zero-order chi connectivity index (χ0) is 10.7. The summed E-state index contributed by atoms with van der Waals surface area (Å²) in [6.45, 7) is -1.07. The molecule has 0 saturated heterocycles. The van der Waals surface area contributed by atoms with Gasteiger partial charge in [0, 0.05) is 6.61 Å². The second kappa shape index (κ2) is 4.17. The Bertz CT molecular complexity index is 154. The first-order valence-corrected chi connectivity index (χ1v) is 3.39. The van der Waals surface area contributed by atoms with E-state index < -0.39 is 31.5 Å². The minimum absolute atomic E-state index is 0.403. The highest BCUT2D eigenvalue weighted by Crippen LogP contribution is 2.39. The van der Waals surface area contributed by atoms with Crippen molar-refractivity contribution in [3.05, 3.63) is 0 Å². The topological polar surface area (TPSA) is 9.23 Å². The first kappa shape index (κ1) is 12.5. The molecule has 0 saturated carbocycles. The van der Waals surface area contributed by atoms with Crippen LogP contribution in [0.3, 0.4) is 0 Å². The van der Waals surface area contributed by atoms with Gasteiger partial charge < -0.3 is 4.74 Å². The van der Waals surface area contributed by atoms with Gasteiger partial charge in [0.25, 0.3) is 0 Å². The first-order chi connectivity index (χ1) is 5.77. The summed E-state index contributed by atoms with van der Waals surface area (Å²) in [5.41, 5.74) is 0. The Morgan fingerprint density at radius 2 is 1.62 bits per heavy atom. The van der Waals surface area contributed by atoms with Gasteiger partial charge in [-0.15, -0.1) is 0 Å². The van der Waals surface area contributed by atoms with E-state index in [0.717, 1.165) is 0 Å². The molecule has 0 spiro atoms. The molecule has 0 aliphatic carbocycles. The van der Waals surface area contributed by atoms with Crippen LogP contribution in [0.5, 0.6) is 0 Å². The summed E-state index contributed by atoms with van der Waals surface area (Å²) in [5, 5.41) is 0. The van der Waals surface area contributed by atoms with Crippen LogP contribution in [-0.2, 0) is 4.74 Å². The maximum Gasteiger partial charge on any atom is 0.456 e. The third kappa shape index (κ3) is 2.75. The standard InChI is InChI=1S/C6H8F6O/c1-2-13-4(3-7)5(8,9)6(10,11)12/h4H,2-3H2,1H3. The van der Waals surface area contributed by atoms with Crippen molar-refractivity contribution in [2.24, 2.45) is 0 Å². The van der Waals surface area contributed by atoms with E-state index in [1.807, 2.05) is 0 Å². The lowest BCUT2D eigenvalue weighted by Gasteiger charge is -2.26. The molecule has 1 nitrogen and oxygen atoms in total. The minimum Gasteiger partial charge on any atom is -0.369 e. The molecule has 0 amide bonds. The molecule has 1 unspecified atom stereocenters. The molecule has 1 atom stereocenters. The molecule has 7 heteroatoms. The molecule has 0 N–H and O–H groups in total. The second-order valence-electron chi connectivity index (χ2n) is 2.22. The largest absolute Gasteiger partial charge is 0.456 e. The van der Waals surface area contributed by atoms with Crippen LogP contribution >= 0.6 is 0 Å². The van der Waals surface area contributed by atoms with Crippen LogP contribution in [0.25, 0.3) is 0 Å². The molecule has 0 rings (SSSR count). The fourth-order valence-corrected chi connectivity index (χ4v) is 0.630. The lowest BCUT2D eigenvalue weighted by Crippen LogP contribution is -2.49. The molecule has 0 aromatic rings. The summed E-state index contributed by atoms with van der Waals surface area (Å²) >= 11 is 0. The van der Waals surface area contributed by atoms with E-state index in [4.69, 9.17) is 0 Å². The predicted molar refractivity (Wildman–Crippen MR) is 32.4 cm³/mol. The monoisotopic (exact) mass is 210 g/mol. The Hall–Kier alpha value is -0.460. The van der Waals surface area contributed by atoms with Gasteiger partial charge in [-0.1, -0.05) is 0 Å². The van der Waals surface area contributed by atoms with Crippen LogP contribution in [0.15, 0.2) is 0 Å². The van der Waals surface area contributed by atoms with Gasteiger partial charge in [-0.25, -0.2) is 4.39 Å². The summed E-state index contributed by atoms with van der Waals surface area (Å²) < 4.78 is 75.1. The Morgan fingerprint density at radius 3 is 1.85 bits per heavy atom. The molecule has 0 bridgehead atoms. The number of hydrogen-bond donors (Lipinski definition) is 0. The molecule has 0 aliphatic rings. The van der Waals surface area contributed by atoms with Gasteiger partial charge in [-0.05, 0) is 6.92 Å². The maximum absolute atomic E-state index is 12.3. The summed E-state index contributed by atoms with van der Waals surface area (Å²) in [7, 11) is 0. The van der Waals surface area contributed by atoms with Crippen molar-refractivity contribution in [1.82, 2.24) is 0 Å². The van der Waals surface area contributed by atoms with E-state index in [-0.39, 0.29) is 0 Å². The summed E-state index contributed by atoms with van der Waals surface area (Å²) in [5.74, 6) is -5.14. The molecule has 0 fully saturated rings. The Balaban J connectivity index is 4.56. The van der Waals surface area contributed by atoms with Crippen LogP contribution in [0.1, 0.15) is 6.92 Å². The van der Waals surface area contributed by atoms with Crippen molar-refractivity contribution >= 4 is 0 Å². The Labute approximate surface area is 70.7 Å². The quantitative estimate of drug-likeness (QED) is 0.648. The summed E-state index contributed by atoms with van der Waals surface area (Å²) in [6, 6.07) is 0. The fraction of sp³-hybridized carbons (Fsp3) is 1.00. The van der Waals surface area contributed by atoms with Crippen molar-refractivity contribution in [2.45, 2.75) is 25.1 Å². The Morgan fingerprint density at radius 1 is 1.15 bits per heavy atom. The molecule has 0 heterocycles.